The lowest BCUT2D eigenvalue weighted by atomic mass is 10.2. The van der Waals surface area contributed by atoms with E-state index in [2.05, 4.69) is 27.0 Å². The van der Waals surface area contributed by atoms with Crippen LogP contribution in [-0.4, -0.2) is 9.59 Å². The minimum Gasteiger partial charge on any atom is -0.370 e. The SMILES string of the molecule is c1ccc(CNc2cnns2)cc1. The maximum Gasteiger partial charge on any atom is 0.130 e. The molecule has 1 aromatic heterocycles. The number of anilines is 1. The molecule has 0 radical (unpaired) electrons. The number of hydrogen-bond donors (Lipinski definition) is 1. The van der Waals surface area contributed by atoms with Gasteiger partial charge in [0.25, 0.3) is 0 Å². The Balaban J connectivity index is 1.94. The van der Waals surface area contributed by atoms with Crippen molar-refractivity contribution >= 4 is 16.5 Å². The summed E-state index contributed by atoms with van der Waals surface area (Å²) < 4.78 is 3.76. The summed E-state index contributed by atoms with van der Waals surface area (Å²) in [7, 11) is 0. The third kappa shape index (κ3) is 2.26. The molecule has 1 aromatic carbocycles. The average Bonchev–Trinajstić information content (AvgIpc) is 2.69. The maximum absolute atomic E-state index is 3.76. The van der Waals surface area contributed by atoms with Gasteiger partial charge in [0.05, 0.1) is 6.20 Å². The van der Waals surface area contributed by atoms with E-state index in [0.717, 1.165) is 11.5 Å². The summed E-state index contributed by atoms with van der Waals surface area (Å²) in [4.78, 5) is 0. The van der Waals surface area contributed by atoms with Gasteiger partial charge >= 0.3 is 0 Å². The average molecular weight is 191 g/mol. The van der Waals surface area contributed by atoms with E-state index in [1.807, 2.05) is 18.2 Å². The zero-order valence-electron chi connectivity index (χ0n) is 6.97. The first kappa shape index (κ1) is 8.19. The molecule has 2 aromatic rings. The molecule has 4 heteroatoms. The zero-order chi connectivity index (χ0) is 8.93. The lowest BCUT2D eigenvalue weighted by Crippen LogP contribution is -1.96. The Kier molecular flexibility index (Phi) is 2.52. The van der Waals surface area contributed by atoms with Gasteiger partial charge < -0.3 is 5.32 Å². The molecular formula is C9H9N3S. The second-order valence-corrected chi connectivity index (χ2v) is 3.41. The number of nitrogens with one attached hydrogen (secondary N) is 1. The Bertz CT molecular complexity index is 344. The summed E-state index contributed by atoms with van der Waals surface area (Å²) >= 11 is 1.37. The first-order valence-corrected chi connectivity index (χ1v) is 4.77. The molecule has 0 aliphatic heterocycles. The molecule has 3 nitrogen and oxygen atoms in total. The Morgan fingerprint density at radius 2 is 2.08 bits per heavy atom. The molecule has 0 amide bonds. The minimum atomic E-state index is 0.824. The predicted octanol–water partition coefficient (Wildman–Crippen LogP) is 2.15. The highest BCUT2D eigenvalue weighted by molar-refractivity contribution is 7.09. The first-order valence-electron chi connectivity index (χ1n) is 4.00. The Morgan fingerprint density at radius 3 is 2.77 bits per heavy atom. The largest absolute Gasteiger partial charge is 0.370 e. The normalized spacial score (nSPS) is 9.85. The lowest BCUT2D eigenvalue weighted by molar-refractivity contribution is 1.13. The van der Waals surface area contributed by atoms with Crippen LogP contribution in [0.15, 0.2) is 36.5 Å². The highest BCUT2D eigenvalue weighted by atomic mass is 32.1. The van der Waals surface area contributed by atoms with E-state index in [9.17, 15) is 0 Å². The highest BCUT2D eigenvalue weighted by Crippen LogP contribution is 2.10. The van der Waals surface area contributed by atoms with Crippen LogP contribution in [0.4, 0.5) is 5.00 Å². The summed E-state index contributed by atoms with van der Waals surface area (Å²) in [5.41, 5.74) is 1.26. The maximum atomic E-state index is 3.76. The fourth-order valence-electron chi connectivity index (χ4n) is 1.03. The van der Waals surface area contributed by atoms with Gasteiger partial charge in [-0.15, -0.1) is 5.10 Å². The molecule has 0 saturated heterocycles. The molecule has 0 spiro atoms. The number of nitrogens with zero attached hydrogens (tertiary/aromatic N) is 2. The lowest BCUT2D eigenvalue weighted by Gasteiger charge is -2.01. The summed E-state index contributed by atoms with van der Waals surface area (Å²) in [5, 5.41) is 7.98. The van der Waals surface area contributed by atoms with Gasteiger partial charge in [-0.05, 0) is 5.56 Å². The van der Waals surface area contributed by atoms with Crippen LogP contribution in [0.3, 0.4) is 0 Å². The van der Waals surface area contributed by atoms with Crippen molar-refractivity contribution in [1.29, 1.82) is 0 Å². The molecule has 0 unspecified atom stereocenters. The molecule has 0 atom stereocenters. The third-order valence-electron chi connectivity index (χ3n) is 1.67. The predicted molar refractivity (Wildman–Crippen MR) is 53.7 cm³/mol. The van der Waals surface area contributed by atoms with Crippen LogP contribution < -0.4 is 5.32 Å². The number of benzene rings is 1. The van der Waals surface area contributed by atoms with Crippen molar-refractivity contribution < 1.29 is 0 Å². The second kappa shape index (κ2) is 4.00. The monoisotopic (exact) mass is 191 g/mol. The van der Waals surface area contributed by atoms with Crippen LogP contribution in [-0.2, 0) is 6.54 Å². The van der Waals surface area contributed by atoms with Gasteiger partial charge in [0.2, 0.25) is 0 Å². The molecule has 0 aliphatic rings. The van der Waals surface area contributed by atoms with Crippen molar-refractivity contribution in [3.8, 4) is 0 Å². The second-order valence-electron chi connectivity index (χ2n) is 2.62. The smallest absolute Gasteiger partial charge is 0.130 e. The Labute approximate surface area is 80.6 Å². The van der Waals surface area contributed by atoms with E-state index in [1.54, 1.807) is 6.20 Å². The fourth-order valence-corrected chi connectivity index (χ4v) is 1.44. The Morgan fingerprint density at radius 1 is 1.23 bits per heavy atom. The van der Waals surface area contributed by atoms with Crippen LogP contribution in [0.25, 0.3) is 0 Å². The van der Waals surface area contributed by atoms with Crippen molar-refractivity contribution in [2.75, 3.05) is 5.32 Å². The summed E-state index contributed by atoms with van der Waals surface area (Å²) in [6, 6.07) is 10.2. The van der Waals surface area contributed by atoms with E-state index in [1.165, 1.54) is 17.1 Å². The van der Waals surface area contributed by atoms with E-state index >= 15 is 0 Å². The molecule has 0 fully saturated rings. The first-order chi connectivity index (χ1) is 6.45. The molecule has 2 rings (SSSR count). The van der Waals surface area contributed by atoms with Crippen molar-refractivity contribution in [2.24, 2.45) is 0 Å². The summed E-state index contributed by atoms with van der Waals surface area (Å²) in [6.45, 7) is 0.824. The molecule has 0 bridgehead atoms. The van der Waals surface area contributed by atoms with E-state index < -0.39 is 0 Å². The van der Waals surface area contributed by atoms with Crippen LogP contribution in [0.5, 0.6) is 0 Å². The molecule has 1 heterocycles. The molecule has 0 saturated carbocycles. The van der Waals surface area contributed by atoms with Gasteiger partial charge in [-0.25, -0.2) is 0 Å². The van der Waals surface area contributed by atoms with Gasteiger partial charge in [0.1, 0.15) is 5.00 Å². The topological polar surface area (TPSA) is 37.8 Å². The summed E-state index contributed by atoms with van der Waals surface area (Å²) in [5.74, 6) is 0. The van der Waals surface area contributed by atoms with Gasteiger partial charge in [0, 0.05) is 18.1 Å². The van der Waals surface area contributed by atoms with Crippen LogP contribution in [0.2, 0.25) is 0 Å². The number of hydrogen-bond acceptors (Lipinski definition) is 4. The molecule has 66 valence electrons. The molecule has 1 N–H and O–H groups in total. The number of rotatable bonds is 3. The highest BCUT2D eigenvalue weighted by Gasteiger charge is 1.94. The van der Waals surface area contributed by atoms with Crippen LogP contribution in [0, 0.1) is 0 Å². The molecule has 0 aliphatic carbocycles. The van der Waals surface area contributed by atoms with E-state index in [4.69, 9.17) is 0 Å². The number of aromatic nitrogens is 2. The van der Waals surface area contributed by atoms with Gasteiger partial charge in [-0.2, -0.15) is 0 Å². The van der Waals surface area contributed by atoms with Crippen LogP contribution in [0.1, 0.15) is 5.56 Å². The van der Waals surface area contributed by atoms with Crippen molar-refractivity contribution in [3.05, 3.63) is 42.1 Å². The zero-order valence-corrected chi connectivity index (χ0v) is 7.79. The minimum absolute atomic E-state index is 0.824. The van der Waals surface area contributed by atoms with E-state index in [0.29, 0.717) is 0 Å². The van der Waals surface area contributed by atoms with E-state index in [-0.39, 0.29) is 0 Å². The van der Waals surface area contributed by atoms with Gasteiger partial charge in [-0.3, -0.25) is 0 Å². The fraction of sp³-hybridized carbons (Fsp3) is 0.111. The van der Waals surface area contributed by atoms with Crippen molar-refractivity contribution in [3.63, 3.8) is 0 Å². The van der Waals surface area contributed by atoms with Gasteiger partial charge in [0.15, 0.2) is 0 Å². The third-order valence-corrected chi connectivity index (χ3v) is 2.29. The van der Waals surface area contributed by atoms with Crippen LogP contribution >= 0.6 is 11.5 Å². The molecular weight excluding hydrogens is 182 g/mol. The molecule has 13 heavy (non-hydrogen) atoms. The summed E-state index contributed by atoms with van der Waals surface area (Å²) in [6.07, 6.45) is 1.73. The standard InChI is InChI=1S/C9H9N3S/c1-2-4-8(5-3-1)6-10-9-7-11-12-13-9/h1-5,7,10H,6H2. The van der Waals surface area contributed by atoms with Crippen molar-refractivity contribution in [2.45, 2.75) is 6.54 Å². The Hall–Kier alpha value is -1.42. The van der Waals surface area contributed by atoms with Gasteiger partial charge in [-0.1, -0.05) is 34.8 Å². The van der Waals surface area contributed by atoms with Crippen molar-refractivity contribution in [1.82, 2.24) is 9.59 Å². The quantitative estimate of drug-likeness (QED) is 0.807.